The Balaban J connectivity index is 1.94. The van der Waals surface area contributed by atoms with Gasteiger partial charge in [-0.05, 0) is 36.4 Å². The lowest BCUT2D eigenvalue weighted by atomic mass is 10.2. The van der Waals surface area contributed by atoms with Crippen LogP contribution in [0.1, 0.15) is 5.56 Å². The van der Waals surface area contributed by atoms with E-state index >= 15 is 0 Å². The van der Waals surface area contributed by atoms with Crippen molar-refractivity contribution < 1.29 is 14.3 Å². The number of carbonyl (C=O) groups excluding carboxylic acids is 1. The first-order valence-electron chi connectivity index (χ1n) is 5.92. The molecule has 2 amide bonds. The van der Waals surface area contributed by atoms with Gasteiger partial charge in [-0.25, -0.2) is 9.18 Å². The molecule has 5 N–H and O–H groups in total. The molecule has 0 saturated carbocycles. The number of anilines is 2. The summed E-state index contributed by atoms with van der Waals surface area (Å²) >= 11 is 0. The molecule has 0 aromatic heterocycles. The number of benzene rings is 2. The van der Waals surface area contributed by atoms with Crippen LogP contribution in [0.5, 0.6) is 5.75 Å². The minimum absolute atomic E-state index is 0.0465. The molecular formula is C14H14FN3O2. The van der Waals surface area contributed by atoms with Crippen LogP contribution >= 0.6 is 0 Å². The van der Waals surface area contributed by atoms with Crippen LogP contribution in [0.25, 0.3) is 0 Å². The van der Waals surface area contributed by atoms with Gasteiger partial charge in [0.1, 0.15) is 11.6 Å². The molecule has 0 aliphatic rings. The van der Waals surface area contributed by atoms with Crippen molar-refractivity contribution in [2.45, 2.75) is 6.54 Å². The first-order valence-corrected chi connectivity index (χ1v) is 5.92. The van der Waals surface area contributed by atoms with Gasteiger partial charge in [0.15, 0.2) is 0 Å². The Hall–Kier alpha value is -2.76. The third-order valence-electron chi connectivity index (χ3n) is 2.63. The number of rotatable bonds is 3. The fraction of sp³-hybridized carbons (Fsp3) is 0.0714. The summed E-state index contributed by atoms with van der Waals surface area (Å²) < 4.78 is 12.9. The van der Waals surface area contributed by atoms with Crippen LogP contribution in [0.2, 0.25) is 0 Å². The highest BCUT2D eigenvalue weighted by Crippen LogP contribution is 2.19. The number of nitrogens with one attached hydrogen (secondary N) is 2. The molecule has 0 unspecified atom stereocenters. The van der Waals surface area contributed by atoms with Gasteiger partial charge < -0.3 is 21.5 Å². The number of nitrogen functional groups attached to an aromatic ring is 1. The normalized spacial score (nSPS) is 10.1. The lowest BCUT2D eigenvalue weighted by molar-refractivity contribution is 0.251. The van der Waals surface area contributed by atoms with E-state index in [-0.39, 0.29) is 12.3 Å². The summed E-state index contributed by atoms with van der Waals surface area (Å²) in [5.41, 5.74) is 6.93. The molecule has 0 spiro atoms. The molecule has 6 heteroatoms. The number of carbonyl (C=O) groups is 1. The third kappa shape index (κ3) is 3.61. The van der Waals surface area contributed by atoms with Gasteiger partial charge in [-0.3, -0.25) is 0 Å². The lowest BCUT2D eigenvalue weighted by Crippen LogP contribution is -2.28. The van der Waals surface area contributed by atoms with Crippen molar-refractivity contribution in [3.05, 3.63) is 53.8 Å². The summed E-state index contributed by atoms with van der Waals surface area (Å²) in [6.07, 6.45) is 0. The number of aromatic hydroxyl groups is 1. The number of halogens is 1. The molecule has 0 saturated heterocycles. The van der Waals surface area contributed by atoms with Crippen molar-refractivity contribution in [1.29, 1.82) is 0 Å². The summed E-state index contributed by atoms with van der Waals surface area (Å²) in [6.45, 7) is 0.109. The summed E-state index contributed by atoms with van der Waals surface area (Å²) in [6, 6.07) is 9.64. The maximum atomic E-state index is 12.9. The van der Waals surface area contributed by atoms with Gasteiger partial charge in [0.25, 0.3) is 0 Å². The second kappa shape index (κ2) is 5.92. The molecular weight excluding hydrogens is 261 g/mol. The first-order chi connectivity index (χ1) is 9.54. The Morgan fingerprint density at radius 1 is 1.25 bits per heavy atom. The number of urea groups is 1. The zero-order valence-corrected chi connectivity index (χ0v) is 10.6. The molecule has 2 aromatic rings. The summed E-state index contributed by atoms with van der Waals surface area (Å²) in [4.78, 5) is 11.6. The standard InChI is InChI=1S/C14H14FN3O2/c15-10-2-1-3-12(7-10)18-14(20)17-8-9-6-11(16)4-5-13(9)19/h1-7,19H,8,16H2,(H2,17,18,20). The van der Waals surface area contributed by atoms with Crippen molar-refractivity contribution >= 4 is 17.4 Å². The highest BCUT2D eigenvalue weighted by atomic mass is 19.1. The first kappa shape index (κ1) is 13.7. The Morgan fingerprint density at radius 3 is 2.80 bits per heavy atom. The van der Waals surface area contributed by atoms with E-state index in [1.54, 1.807) is 18.2 Å². The van der Waals surface area contributed by atoms with Crippen LogP contribution < -0.4 is 16.4 Å². The molecule has 2 aromatic carbocycles. The number of hydrogen-bond acceptors (Lipinski definition) is 3. The van der Waals surface area contributed by atoms with Crippen LogP contribution in [0, 0.1) is 5.82 Å². The quantitative estimate of drug-likeness (QED) is 0.512. The van der Waals surface area contributed by atoms with Crippen molar-refractivity contribution in [3.8, 4) is 5.75 Å². The second-order valence-electron chi connectivity index (χ2n) is 4.21. The largest absolute Gasteiger partial charge is 0.508 e. The van der Waals surface area contributed by atoms with Gasteiger partial charge >= 0.3 is 6.03 Å². The fourth-order valence-corrected chi connectivity index (χ4v) is 1.66. The lowest BCUT2D eigenvalue weighted by Gasteiger charge is -2.09. The van der Waals surface area contributed by atoms with E-state index < -0.39 is 11.8 Å². The maximum Gasteiger partial charge on any atom is 0.319 e. The molecule has 0 aliphatic carbocycles. The zero-order chi connectivity index (χ0) is 14.5. The minimum atomic E-state index is -0.502. The second-order valence-corrected chi connectivity index (χ2v) is 4.21. The van der Waals surface area contributed by atoms with Gasteiger partial charge in [0, 0.05) is 23.5 Å². The van der Waals surface area contributed by atoms with Crippen LogP contribution in [-0.4, -0.2) is 11.1 Å². The van der Waals surface area contributed by atoms with Crippen molar-refractivity contribution in [2.75, 3.05) is 11.1 Å². The predicted octanol–water partition coefficient (Wildman–Crippen LogP) is 2.44. The number of hydrogen-bond donors (Lipinski definition) is 4. The van der Waals surface area contributed by atoms with Gasteiger partial charge in [-0.2, -0.15) is 0 Å². The summed E-state index contributed by atoms with van der Waals surface area (Å²) in [5.74, 6) is -0.387. The Bertz CT molecular complexity index is 632. The molecule has 0 heterocycles. The van der Waals surface area contributed by atoms with E-state index in [1.165, 1.54) is 24.3 Å². The molecule has 104 valence electrons. The maximum absolute atomic E-state index is 12.9. The highest BCUT2D eigenvalue weighted by molar-refractivity contribution is 5.89. The SMILES string of the molecule is Nc1ccc(O)c(CNC(=O)Nc2cccc(F)c2)c1. The van der Waals surface area contributed by atoms with E-state index in [0.717, 1.165) is 0 Å². The average molecular weight is 275 g/mol. The topological polar surface area (TPSA) is 87.4 Å². The molecule has 0 atom stereocenters. The number of amides is 2. The van der Waals surface area contributed by atoms with Crippen LogP contribution in [-0.2, 0) is 6.54 Å². The summed E-state index contributed by atoms with van der Waals surface area (Å²) in [7, 11) is 0. The minimum Gasteiger partial charge on any atom is -0.508 e. The molecule has 0 radical (unpaired) electrons. The molecule has 0 fully saturated rings. The fourth-order valence-electron chi connectivity index (χ4n) is 1.66. The zero-order valence-electron chi connectivity index (χ0n) is 10.6. The van der Waals surface area contributed by atoms with E-state index in [0.29, 0.717) is 16.9 Å². The van der Waals surface area contributed by atoms with Crippen LogP contribution in [0.3, 0.4) is 0 Å². The monoisotopic (exact) mass is 275 g/mol. The van der Waals surface area contributed by atoms with E-state index in [1.807, 2.05) is 0 Å². The molecule has 0 aliphatic heterocycles. The number of phenolic OH excluding ortho intramolecular Hbond substituents is 1. The number of phenols is 1. The predicted molar refractivity (Wildman–Crippen MR) is 74.8 cm³/mol. The highest BCUT2D eigenvalue weighted by Gasteiger charge is 2.05. The van der Waals surface area contributed by atoms with E-state index in [9.17, 15) is 14.3 Å². The van der Waals surface area contributed by atoms with Gasteiger partial charge in [0.05, 0.1) is 0 Å². The van der Waals surface area contributed by atoms with Gasteiger partial charge in [0.2, 0.25) is 0 Å². The van der Waals surface area contributed by atoms with E-state index in [4.69, 9.17) is 5.73 Å². The molecule has 0 bridgehead atoms. The van der Waals surface area contributed by atoms with Crippen LogP contribution in [0.15, 0.2) is 42.5 Å². The van der Waals surface area contributed by atoms with Crippen molar-refractivity contribution in [2.24, 2.45) is 0 Å². The molecule has 20 heavy (non-hydrogen) atoms. The smallest absolute Gasteiger partial charge is 0.319 e. The van der Waals surface area contributed by atoms with Crippen molar-refractivity contribution in [3.63, 3.8) is 0 Å². The van der Waals surface area contributed by atoms with Crippen molar-refractivity contribution in [1.82, 2.24) is 5.32 Å². The Labute approximate surface area is 115 Å². The molecule has 2 rings (SSSR count). The van der Waals surface area contributed by atoms with Gasteiger partial charge in [-0.15, -0.1) is 0 Å². The Kier molecular flexibility index (Phi) is 4.05. The van der Waals surface area contributed by atoms with E-state index in [2.05, 4.69) is 10.6 Å². The summed E-state index contributed by atoms with van der Waals surface area (Å²) in [5, 5.41) is 14.6. The number of nitrogens with two attached hydrogens (primary N) is 1. The molecule has 5 nitrogen and oxygen atoms in total. The Morgan fingerprint density at radius 2 is 2.05 bits per heavy atom. The average Bonchev–Trinajstić information content (AvgIpc) is 2.40. The van der Waals surface area contributed by atoms with Gasteiger partial charge in [-0.1, -0.05) is 6.07 Å². The third-order valence-corrected chi connectivity index (χ3v) is 2.63. The van der Waals surface area contributed by atoms with Crippen LogP contribution in [0.4, 0.5) is 20.6 Å².